The van der Waals surface area contributed by atoms with Crippen LogP contribution in [-0.2, 0) is 16.4 Å². The first-order valence-electron chi connectivity index (χ1n) is 8.41. The highest BCUT2D eigenvalue weighted by atomic mass is 32.2. The van der Waals surface area contributed by atoms with Crippen molar-refractivity contribution in [1.82, 2.24) is 14.6 Å². The number of carbonyl (C=O) groups excluding carboxylic acids is 1. The quantitative estimate of drug-likeness (QED) is 0.814. The first kappa shape index (κ1) is 18.8. The lowest BCUT2D eigenvalue weighted by molar-refractivity contribution is 0.190. The van der Waals surface area contributed by atoms with Gasteiger partial charge in [-0.15, -0.1) is 11.3 Å². The number of rotatable bonds is 5. The molecule has 1 saturated heterocycles. The number of hydrogen-bond donors (Lipinski definition) is 2. The smallest absolute Gasteiger partial charge is 0.323 e. The molecule has 1 aliphatic rings. The van der Waals surface area contributed by atoms with Crippen LogP contribution in [-0.4, -0.2) is 49.7 Å². The van der Waals surface area contributed by atoms with Gasteiger partial charge in [-0.3, -0.25) is 5.32 Å². The number of likely N-dealkylation sites (tertiary alicyclic amines) is 1. The fourth-order valence-corrected chi connectivity index (χ4v) is 4.61. The summed E-state index contributed by atoms with van der Waals surface area (Å²) in [4.78, 5) is 19.4. The molecule has 2 heterocycles. The van der Waals surface area contributed by atoms with Crippen LogP contribution >= 0.6 is 11.3 Å². The van der Waals surface area contributed by atoms with Gasteiger partial charge in [0, 0.05) is 36.6 Å². The summed E-state index contributed by atoms with van der Waals surface area (Å²) in [5.74, 6) is 0. The molecule has 2 amide bonds. The van der Waals surface area contributed by atoms with E-state index in [9.17, 15) is 13.2 Å². The van der Waals surface area contributed by atoms with Gasteiger partial charge in [0.05, 0.1) is 6.26 Å². The zero-order chi connectivity index (χ0) is 18.6. The van der Waals surface area contributed by atoms with Gasteiger partial charge in [-0.2, -0.15) is 0 Å². The number of thiazole rings is 1. The monoisotopic (exact) mass is 394 g/mol. The van der Waals surface area contributed by atoms with E-state index < -0.39 is 10.0 Å². The largest absolute Gasteiger partial charge is 0.323 e. The molecular weight excluding hydrogens is 372 g/mol. The fraction of sp³-hybridized carbons (Fsp3) is 0.412. The first-order valence-corrected chi connectivity index (χ1v) is 11.1. The van der Waals surface area contributed by atoms with E-state index in [1.807, 2.05) is 18.2 Å². The molecule has 1 aliphatic heterocycles. The minimum Gasteiger partial charge on any atom is -0.323 e. The van der Waals surface area contributed by atoms with Crippen molar-refractivity contribution in [1.29, 1.82) is 0 Å². The second kappa shape index (κ2) is 8.15. The van der Waals surface area contributed by atoms with E-state index >= 15 is 0 Å². The van der Waals surface area contributed by atoms with Gasteiger partial charge in [0.15, 0.2) is 5.13 Å². The molecule has 9 heteroatoms. The van der Waals surface area contributed by atoms with Gasteiger partial charge in [0.25, 0.3) is 0 Å². The van der Waals surface area contributed by atoms with Crippen LogP contribution in [0.25, 0.3) is 0 Å². The summed E-state index contributed by atoms with van der Waals surface area (Å²) >= 11 is 1.45. The van der Waals surface area contributed by atoms with Crippen molar-refractivity contribution in [2.75, 3.05) is 24.7 Å². The van der Waals surface area contributed by atoms with Gasteiger partial charge in [-0.05, 0) is 18.4 Å². The van der Waals surface area contributed by atoms with Crippen molar-refractivity contribution in [2.24, 2.45) is 0 Å². The molecule has 26 heavy (non-hydrogen) atoms. The van der Waals surface area contributed by atoms with E-state index in [0.717, 1.165) is 30.4 Å². The topological polar surface area (TPSA) is 91.4 Å². The number of sulfonamides is 1. The van der Waals surface area contributed by atoms with Crippen molar-refractivity contribution < 1.29 is 13.2 Å². The summed E-state index contributed by atoms with van der Waals surface area (Å²) in [6.45, 7) is 0.969. The van der Waals surface area contributed by atoms with E-state index in [-0.39, 0.29) is 12.1 Å². The van der Waals surface area contributed by atoms with E-state index in [1.165, 1.54) is 16.9 Å². The van der Waals surface area contributed by atoms with Crippen molar-refractivity contribution in [3.05, 3.63) is 47.0 Å². The second-order valence-corrected chi connectivity index (χ2v) is 9.29. The summed E-state index contributed by atoms with van der Waals surface area (Å²) in [6.07, 6.45) is 5.18. The maximum absolute atomic E-state index is 12.5. The van der Waals surface area contributed by atoms with E-state index in [2.05, 4.69) is 27.2 Å². The van der Waals surface area contributed by atoms with Crippen LogP contribution in [0, 0.1) is 0 Å². The zero-order valence-electron chi connectivity index (χ0n) is 14.5. The summed E-state index contributed by atoms with van der Waals surface area (Å²) in [5, 5.41) is 3.37. The van der Waals surface area contributed by atoms with Crippen molar-refractivity contribution in [2.45, 2.75) is 25.3 Å². The fourth-order valence-electron chi connectivity index (χ4n) is 2.98. The molecule has 2 aromatic rings. The maximum atomic E-state index is 12.5. The molecule has 1 aromatic carbocycles. The Morgan fingerprint density at radius 2 is 2.12 bits per heavy atom. The minimum atomic E-state index is -3.28. The number of aromatic nitrogens is 1. The third-order valence-corrected chi connectivity index (χ3v) is 5.75. The van der Waals surface area contributed by atoms with Crippen LogP contribution < -0.4 is 10.0 Å². The summed E-state index contributed by atoms with van der Waals surface area (Å²) in [5.41, 5.74) is 1.19. The van der Waals surface area contributed by atoms with Crippen LogP contribution in [0.2, 0.25) is 0 Å². The van der Waals surface area contributed by atoms with Crippen LogP contribution in [0.5, 0.6) is 0 Å². The van der Waals surface area contributed by atoms with E-state index in [4.69, 9.17) is 0 Å². The summed E-state index contributed by atoms with van der Waals surface area (Å²) in [7, 11) is -3.28. The number of hydrogen-bond acceptors (Lipinski definition) is 5. The highest BCUT2D eigenvalue weighted by molar-refractivity contribution is 7.88. The molecule has 0 radical (unpaired) electrons. The van der Waals surface area contributed by atoms with Crippen molar-refractivity contribution in [3.63, 3.8) is 0 Å². The van der Waals surface area contributed by atoms with Gasteiger partial charge < -0.3 is 4.90 Å². The number of benzene rings is 1. The number of carbonyl (C=O) groups is 1. The number of piperidine rings is 1. The lowest BCUT2D eigenvalue weighted by Gasteiger charge is -2.32. The number of amides is 2. The predicted molar refractivity (Wildman–Crippen MR) is 103 cm³/mol. The minimum absolute atomic E-state index is 0.241. The van der Waals surface area contributed by atoms with Gasteiger partial charge in [0.2, 0.25) is 10.0 Å². The van der Waals surface area contributed by atoms with E-state index in [1.54, 1.807) is 11.1 Å². The third-order valence-electron chi connectivity index (χ3n) is 4.08. The van der Waals surface area contributed by atoms with Gasteiger partial charge >= 0.3 is 6.03 Å². The lowest BCUT2D eigenvalue weighted by atomic mass is 10.1. The molecule has 0 saturated carbocycles. The summed E-state index contributed by atoms with van der Waals surface area (Å²) < 4.78 is 25.3. The Labute approximate surface area is 157 Å². The summed E-state index contributed by atoms with van der Waals surface area (Å²) in [6, 6.07) is 9.60. The Morgan fingerprint density at radius 1 is 1.35 bits per heavy atom. The molecule has 1 unspecified atom stereocenters. The van der Waals surface area contributed by atoms with E-state index in [0.29, 0.717) is 18.2 Å². The molecular formula is C17H22N4O3S2. The molecule has 140 valence electrons. The average molecular weight is 395 g/mol. The number of nitrogens with one attached hydrogen (secondary N) is 2. The number of nitrogens with zero attached hydrogens (tertiary/aromatic N) is 2. The number of anilines is 1. The molecule has 1 fully saturated rings. The molecule has 1 aromatic heterocycles. The molecule has 3 rings (SSSR count). The second-order valence-electron chi connectivity index (χ2n) is 6.40. The zero-order valence-corrected chi connectivity index (χ0v) is 16.1. The standard InChI is InChI=1S/C17H22N4O3S2/c1-26(23,24)20-14-8-5-9-21(12-14)17(22)19-16-18-11-15(25-16)10-13-6-3-2-4-7-13/h2-4,6-7,11,14,20H,5,8-10,12H2,1H3,(H,18,19,22). The third kappa shape index (κ3) is 5.52. The Kier molecular flexibility index (Phi) is 5.90. The maximum Gasteiger partial charge on any atom is 0.323 e. The van der Waals surface area contributed by atoms with Gasteiger partial charge in [-0.25, -0.2) is 22.9 Å². The Bertz CT molecular complexity index is 852. The SMILES string of the molecule is CS(=O)(=O)NC1CCCN(C(=O)Nc2ncc(Cc3ccccc3)s2)C1. The average Bonchev–Trinajstić information content (AvgIpc) is 3.01. The van der Waals surface area contributed by atoms with Gasteiger partial charge in [-0.1, -0.05) is 30.3 Å². The molecule has 1 atom stereocenters. The van der Waals surface area contributed by atoms with Crippen LogP contribution in [0.15, 0.2) is 36.5 Å². The molecule has 0 bridgehead atoms. The lowest BCUT2D eigenvalue weighted by Crippen LogP contribution is -2.50. The first-order chi connectivity index (χ1) is 12.4. The van der Waals surface area contributed by atoms with Gasteiger partial charge in [0.1, 0.15) is 0 Å². The van der Waals surface area contributed by atoms with Crippen molar-refractivity contribution in [3.8, 4) is 0 Å². The molecule has 0 spiro atoms. The molecule has 7 nitrogen and oxygen atoms in total. The highest BCUT2D eigenvalue weighted by Crippen LogP contribution is 2.22. The molecule has 2 N–H and O–H groups in total. The number of urea groups is 1. The van der Waals surface area contributed by atoms with Crippen molar-refractivity contribution >= 4 is 32.5 Å². The van der Waals surface area contributed by atoms with Crippen LogP contribution in [0.1, 0.15) is 23.3 Å². The normalized spacial score (nSPS) is 17.9. The Morgan fingerprint density at radius 3 is 2.85 bits per heavy atom. The Hall–Kier alpha value is -1.97. The predicted octanol–water partition coefficient (Wildman–Crippen LogP) is 2.28. The van der Waals surface area contributed by atoms with Crippen LogP contribution in [0.3, 0.4) is 0 Å². The Balaban J connectivity index is 1.56. The highest BCUT2D eigenvalue weighted by Gasteiger charge is 2.26. The molecule has 0 aliphatic carbocycles. The van der Waals surface area contributed by atoms with Crippen LogP contribution in [0.4, 0.5) is 9.93 Å².